The molecule has 45 heavy (non-hydrogen) atoms. The fraction of sp³-hybridized carbons (Fsp3) is 0.194. The highest BCUT2D eigenvalue weighted by molar-refractivity contribution is 5.84. The van der Waals surface area contributed by atoms with E-state index in [0.717, 1.165) is 9.13 Å². The van der Waals surface area contributed by atoms with Crippen molar-refractivity contribution in [2.75, 3.05) is 0 Å². The van der Waals surface area contributed by atoms with Crippen molar-refractivity contribution in [3.05, 3.63) is 120 Å². The number of aromatic nitrogens is 4. The summed E-state index contributed by atoms with van der Waals surface area (Å²) in [5.41, 5.74) is -1.43. The van der Waals surface area contributed by atoms with Gasteiger partial charge in [0.1, 0.15) is 24.9 Å². The van der Waals surface area contributed by atoms with Crippen LogP contribution in [0.5, 0.6) is 5.75 Å². The van der Waals surface area contributed by atoms with Gasteiger partial charge in [-0.15, -0.1) is 0 Å². The molecule has 5 rings (SSSR count). The minimum Gasteiger partial charge on any atom is -0.480 e. The third kappa shape index (κ3) is 6.06. The molecule has 3 aromatic carbocycles. The maximum absolute atomic E-state index is 12.8. The first-order chi connectivity index (χ1) is 21.5. The van der Waals surface area contributed by atoms with Crippen LogP contribution in [0.3, 0.4) is 0 Å². The fourth-order valence-electron chi connectivity index (χ4n) is 5.01. The first-order valence-electron chi connectivity index (χ1n) is 13.6. The van der Waals surface area contributed by atoms with Crippen LogP contribution in [0.1, 0.15) is 5.56 Å². The topological polar surface area (TPSA) is 181 Å². The zero-order chi connectivity index (χ0) is 32.4. The van der Waals surface area contributed by atoms with Gasteiger partial charge in [0, 0.05) is 20.5 Å². The van der Waals surface area contributed by atoms with Crippen LogP contribution < -0.4 is 32.6 Å². The Morgan fingerprint density at radius 2 is 1.22 bits per heavy atom. The van der Waals surface area contributed by atoms with E-state index in [9.17, 15) is 38.7 Å². The van der Waals surface area contributed by atoms with E-state index in [1.807, 2.05) is 0 Å². The smallest absolute Gasteiger partial charge is 0.331 e. The number of fused-ring (bicyclic) bond motifs is 2. The molecule has 1 unspecified atom stereocenters. The van der Waals surface area contributed by atoms with E-state index in [1.54, 1.807) is 42.5 Å². The summed E-state index contributed by atoms with van der Waals surface area (Å²) in [7, 11) is 2.95. The second-order valence-electron chi connectivity index (χ2n) is 10.3. The number of carboxylic acid groups (broad SMARTS) is 1. The minimum atomic E-state index is -1.40. The second-order valence-corrected chi connectivity index (χ2v) is 10.3. The van der Waals surface area contributed by atoms with Crippen molar-refractivity contribution < 1.29 is 24.2 Å². The number of carbonyl (C=O) groups excluding carboxylic acids is 2. The number of para-hydroxylation sites is 2. The Kier molecular flexibility index (Phi) is 8.30. The minimum absolute atomic E-state index is 0.0804. The summed E-state index contributed by atoms with van der Waals surface area (Å²) in [6.07, 6.45) is -0.164. The van der Waals surface area contributed by atoms with Crippen LogP contribution in [-0.4, -0.2) is 47.3 Å². The Morgan fingerprint density at radius 1 is 0.733 bits per heavy atom. The monoisotopic (exact) mass is 613 g/mol. The molecule has 14 nitrogen and oxygen atoms in total. The molecule has 0 aliphatic rings. The molecule has 2 heterocycles. The molecule has 230 valence electrons. The molecule has 2 aromatic heterocycles. The molecule has 0 radical (unpaired) electrons. The number of esters is 1. The maximum atomic E-state index is 12.8. The number of carbonyl (C=O) groups is 3. The Labute approximate surface area is 253 Å². The van der Waals surface area contributed by atoms with Crippen molar-refractivity contribution in [3.8, 4) is 5.75 Å². The number of amides is 1. The van der Waals surface area contributed by atoms with Crippen molar-refractivity contribution in [1.82, 2.24) is 23.6 Å². The second kappa shape index (κ2) is 12.3. The molecular weight excluding hydrogens is 586 g/mol. The molecule has 0 aliphatic carbocycles. The van der Waals surface area contributed by atoms with Gasteiger partial charge in [0.05, 0.1) is 21.8 Å². The Bertz CT molecular complexity index is 2230. The Hall–Kier alpha value is -6.05. The first kappa shape index (κ1) is 30.4. The number of hydrogen-bond donors (Lipinski definition) is 2. The van der Waals surface area contributed by atoms with Gasteiger partial charge >= 0.3 is 23.3 Å². The standard InChI is InChI=1S/C31H27N5O9/c1-33-23-9-5-3-7-20(23)27(39)35(30(33)43)16-25(37)32-22(29(41)42)15-18-11-13-19(14-12-18)45-26(38)17-36-28(40)21-8-4-6-10-24(21)34(2)31(36)44/h3-14,22H,15-17H2,1-2H3,(H,32,37)(H,41,42). The number of benzene rings is 3. The molecule has 5 aromatic rings. The summed E-state index contributed by atoms with van der Waals surface area (Å²) < 4.78 is 9.29. The van der Waals surface area contributed by atoms with E-state index >= 15 is 0 Å². The SMILES string of the molecule is Cn1c(=O)n(CC(=O)NC(Cc2ccc(OC(=O)Cn3c(=O)c4ccccc4n(C)c3=O)cc2)C(=O)O)c(=O)c2ccccc21. The predicted molar refractivity (Wildman–Crippen MR) is 162 cm³/mol. The van der Waals surface area contributed by atoms with Gasteiger partial charge in [-0.05, 0) is 42.0 Å². The van der Waals surface area contributed by atoms with Gasteiger partial charge in [-0.1, -0.05) is 36.4 Å². The number of nitrogens with zero attached hydrogens (tertiary/aromatic N) is 4. The summed E-state index contributed by atoms with van der Waals surface area (Å²) in [5.74, 6) is -2.99. The fourth-order valence-corrected chi connectivity index (χ4v) is 5.01. The lowest BCUT2D eigenvalue weighted by molar-refractivity contribution is -0.141. The first-order valence-corrected chi connectivity index (χ1v) is 13.6. The maximum Gasteiger partial charge on any atom is 0.331 e. The lowest BCUT2D eigenvalue weighted by atomic mass is 10.1. The summed E-state index contributed by atoms with van der Waals surface area (Å²) in [6, 6.07) is 17.3. The Morgan fingerprint density at radius 3 is 1.73 bits per heavy atom. The number of aliphatic carboxylic acids is 1. The normalized spacial score (nSPS) is 11.8. The average molecular weight is 614 g/mol. The molecule has 0 spiro atoms. The van der Waals surface area contributed by atoms with Gasteiger partial charge in [-0.2, -0.15) is 0 Å². The van der Waals surface area contributed by atoms with Crippen LogP contribution in [0.15, 0.2) is 92.0 Å². The predicted octanol–water partition coefficient (Wildman–Crippen LogP) is 0.132. The highest BCUT2D eigenvalue weighted by Crippen LogP contribution is 2.15. The van der Waals surface area contributed by atoms with Crippen LogP contribution in [0.2, 0.25) is 0 Å². The number of carboxylic acids is 1. The van der Waals surface area contributed by atoms with E-state index in [0.29, 0.717) is 16.6 Å². The van der Waals surface area contributed by atoms with Gasteiger partial charge in [0.2, 0.25) is 5.91 Å². The number of aryl methyl sites for hydroxylation is 2. The lowest BCUT2D eigenvalue weighted by Gasteiger charge is -2.16. The molecule has 1 atom stereocenters. The molecule has 0 fully saturated rings. The summed E-state index contributed by atoms with van der Waals surface area (Å²) >= 11 is 0. The zero-order valence-corrected chi connectivity index (χ0v) is 24.1. The van der Waals surface area contributed by atoms with Crippen molar-refractivity contribution in [3.63, 3.8) is 0 Å². The van der Waals surface area contributed by atoms with Gasteiger partial charge in [-0.3, -0.25) is 28.1 Å². The molecule has 0 saturated carbocycles. The van der Waals surface area contributed by atoms with E-state index in [-0.39, 0.29) is 22.9 Å². The third-order valence-electron chi connectivity index (χ3n) is 7.33. The summed E-state index contributed by atoms with van der Waals surface area (Å²) in [6.45, 7) is -1.31. The van der Waals surface area contributed by atoms with E-state index in [1.165, 1.54) is 53.6 Å². The molecule has 0 saturated heterocycles. The van der Waals surface area contributed by atoms with Gasteiger partial charge in [0.25, 0.3) is 11.1 Å². The number of nitrogens with one attached hydrogen (secondary N) is 1. The average Bonchev–Trinajstić information content (AvgIpc) is 3.03. The highest BCUT2D eigenvalue weighted by atomic mass is 16.5. The van der Waals surface area contributed by atoms with E-state index in [2.05, 4.69) is 5.32 Å². The van der Waals surface area contributed by atoms with Gasteiger partial charge in [-0.25, -0.2) is 23.7 Å². The third-order valence-corrected chi connectivity index (χ3v) is 7.33. The number of hydrogen-bond acceptors (Lipinski definition) is 8. The van der Waals surface area contributed by atoms with Crippen molar-refractivity contribution >= 4 is 39.7 Å². The van der Waals surface area contributed by atoms with Crippen LogP contribution in [0.25, 0.3) is 21.8 Å². The molecule has 1 amide bonds. The van der Waals surface area contributed by atoms with Crippen LogP contribution in [0.4, 0.5) is 0 Å². The molecule has 2 N–H and O–H groups in total. The zero-order valence-electron chi connectivity index (χ0n) is 24.1. The van der Waals surface area contributed by atoms with E-state index in [4.69, 9.17) is 4.74 Å². The van der Waals surface area contributed by atoms with Crippen LogP contribution in [-0.2, 0) is 48.0 Å². The summed E-state index contributed by atoms with van der Waals surface area (Å²) in [5, 5.41) is 12.6. The number of ether oxygens (including phenoxy) is 1. The van der Waals surface area contributed by atoms with Crippen molar-refractivity contribution in [2.45, 2.75) is 25.6 Å². The molecule has 0 aliphatic heterocycles. The van der Waals surface area contributed by atoms with Crippen LogP contribution in [0, 0.1) is 0 Å². The quantitative estimate of drug-likeness (QED) is 0.173. The molecule has 14 heteroatoms. The molecular formula is C31H27N5O9. The lowest BCUT2D eigenvalue weighted by Crippen LogP contribution is -2.47. The molecule has 0 bridgehead atoms. The van der Waals surface area contributed by atoms with Crippen molar-refractivity contribution in [2.24, 2.45) is 14.1 Å². The number of rotatable bonds is 9. The van der Waals surface area contributed by atoms with Gasteiger partial charge < -0.3 is 15.2 Å². The van der Waals surface area contributed by atoms with E-state index < -0.39 is 59.5 Å². The highest BCUT2D eigenvalue weighted by Gasteiger charge is 2.22. The van der Waals surface area contributed by atoms with Crippen molar-refractivity contribution in [1.29, 1.82) is 0 Å². The Balaban J connectivity index is 1.25. The largest absolute Gasteiger partial charge is 0.480 e. The van der Waals surface area contributed by atoms with Crippen LogP contribution >= 0.6 is 0 Å². The van der Waals surface area contributed by atoms with Gasteiger partial charge in [0.15, 0.2) is 0 Å². The summed E-state index contributed by atoms with van der Waals surface area (Å²) in [4.78, 5) is 88.3.